The van der Waals surface area contributed by atoms with Gasteiger partial charge in [0.15, 0.2) is 15.8 Å². The average molecular weight is 626 g/mol. The number of aliphatic hydroxyl groups is 1. The van der Waals surface area contributed by atoms with E-state index < -0.39 is 17.7 Å². The normalized spacial score (nSPS) is 16.0. The molecule has 0 saturated carbocycles. The van der Waals surface area contributed by atoms with Gasteiger partial charge in [0.1, 0.15) is 11.5 Å². The second kappa shape index (κ2) is 12.4. The number of thioether (sulfide) groups is 1. The molecule has 44 heavy (non-hydrogen) atoms. The topological polar surface area (TPSA) is 111 Å². The minimum absolute atomic E-state index is 0.0763. The molecule has 1 amide bonds. The number of fused-ring (bicyclic) bond motifs is 1. The van der Waals surface area contributed by atoms with E-state index in [2.05, 4.69) is 34.5 Å². The van der Waals surface area contributed by atoms with Crippen LogP contribution in [0.25, 0.3) is 16.5 Å². The summed E-state index contributed by atoms with van der Waals surface area (Å²) in [6.45, 7) is 0. The molecule has 0 unspecified atom stereocenters. The Morgan fingerprint density at radius 1 is 0.886 bits per heavy atom. The average Bonchev–Trinajstić information content (AvgIpc) is 3.64. The van der Waals surface area contributed by atoms with Crippen LogP contribution in [0.4, 0.5) is 5.13 Å². The molecule has 5 aromatic rings. The van der Waals surface area contributed by atoms with Gasteiger partial charge in [-0.25, -0.2) is 0 Å². The van der Waals surface area contributed by atoms with E-state index in [1.807, 2.05) is 18.2 Å². The van der Waals surface area contributed by atoms with Crippen molar-refractivity contribution in [2.24, 2.45) is 0 Å². The number of amides is 1. The predicted octanol–water partition coefficient (Wildman–Crippen LogP) is 6.64. The number of aliphatic hydroxyl groups excluding tert-OH is 1. The molecule has 1 atom stereocenters. The summed E-state index contributed by atoms with van der Waals surface area (Å²) in [6, 6.07) is 25.1. The molecule has 1 aromatic heterocycles. The van der Waals surface area contributed by atoms with Gasteiger partial charge in [0.25, 0.3) is 5.78 Å². The Morgan fingerprint density at radius 3 is 2.39 bits per heavy atom. The van der Waals surface area contributed by atoms with Crippen LogP contribution in [0.5, 0.6) is 17.2 Å². The van der Waals surface area contributed by atoms with E-state index in [9.17, 15) is 14.7 Å². The zero-order valence-corrected chi connectivity index (χ0v) is 25.6. The summed E-state index contributed by atoms with van der Waals surface area (Å²) in [5.41, 5.74) is 1.96. The van der Waals surface area contributed by atoms with E-state index in [0.29, 0.717) is 38.5 Å². The van der Waals surface area contributed by atoms with Crippen molar-refractivity contribution in [3.63, 3.8) is 0 Å². The first kappa shape index (κ1) is 29.2. The van der Waals surface area contributed by atoms with Crippen LogP contribution >= 0.6 is 23.1 Å². The maximum absolute atomic E-state index is 13.6. The highest BCUT2D eigenvalue weighted by Gasteiger charge is 2.48. The third kappa shape index (κ3) is 5.36. The van der Waals surface area contributed by atoms with Crippen LogP contribution in [0, 0.1) is 0 Å². The molecule has 1 fully saturated rings. The van der Waals surface area contributed by atoms with Crippen LogP contribution in [0.3, 0.4) is 0 Å². The summed E-state index contributed by atoms with van der Waals surface area (Å²) in [4.78, 5) is 28.5. The fourth-order valence-electron chi connectivity index (χ4n) is 5.19. The van der Waals surface area contributed by atoms with E-state index in [1.54, 1.807) is 49.6 Å². The second-order valence-electron chi connectivity index (χ2n) is 9.79. The Hall–Kier alpha value is -4.87. The van der Waals surface area contributed by atoms with Crippen molar-refractivity contribution in [3.05, 3.63) is 107 Å². The summed E-state index contributed by atoms with van der Waals surface area (Å²) in [5, 5.41) is 22.7. The molecule has 0 radical (unpaired) electrons. The van der Waals surface area contributed by atoms with Gasteiger partial charge in [-0.3, -0.25) is 14.5 Å². The van der Waals surface area contributed by atoms with Gasteiger partial charge >= 0.3 is 5.91 Å². The summed E-state index contributed by atoms with van der Waals surface area (Å²) in [7, 11) is 4.53. The van der Waals surface area contributed by atoms with Gasteiger partial charge < -0.3 is 19.3 Å². The fraction of sp³-hybridized carbons (Fsp3) is 0.152. The van der Waals surface area contributed by atoms with Crippen LogP contribution in [-0.2, 0) is 15.3 Å². The molecule has 222 valence electrons. The fourth-order valence-corrected chi connectivity index (χ4v) is 7.06. The van der Waals surface area contributed by atoms with E-state index in [-0.39, 0.29) is 16.5 Å². The monoisotopic (exact) mass is 625 g/mol. The number of hydrogen-bond donors (Lipinski definition) is 1. The van der Waals surface area contributed by atoms with Gasteiger partial charge in [-0.15, -0.1) is 10.2 Å². The molecular weight excluding hydrogens is 599 g/mol. The van der Waals surface area contributed by atoms with Crippen molar-refractivity contribution in [1.82, 2.24) is 10.2 Å². The molecule has 0 aliphatic carbocycles. The second-order valence-corrected chi connectivity index (χ2v) is 12.0. The molecule has 0 bridgehead atoms. The number of methoxy groups -OCH3 is 3. The van der Waals surface area contributed by atoms with Crippen molar-refractivity contribution in [3.8, 4) is 17.2 Å². The minimum Gasteiger partial charge on any atom is -0.507 e. The first-order valence-corrected chi connectivity index (χ1v) is 15.3. The Morgan fingerprint density at radius 2 is 1.64 bits per heavy atom. The van der Waals surface area contributed by atoms with Crippen molar-refractivity contribution in [2.75, 3.05) is 26.2 Å². The first-order chi connectivity index (χ1) is 21.4. The number of carbonyl (C=O) groups is 2. The zero-order chi connectivity index (χ0) is 30.8. The number of anilines is 1. The molecule has 1 aliphatic rings. The van der Waals surface area contributed by atoms with E-state index >= 15 is 0 Å². The summed E-state index contributed by atoms with van der Waals surface area (Å²) in [5.74, 6) is 0.0854. The number of ether oxygens (including phenoxy) is 3. The van der Waals surface area contributed by atoms with Crippen molar-refractivity contribution in [2.45, 2.75) is 16.1 Å². The molecule has 1 saturated heterocycles. The molecule has 6 rings (SSSR count). The third-order valence-corrected chi connectivity index (χ3v) is 9.47. The highest BCUT2D eigenvalue weighted by Crippen LogP contribution is 2.45. The number of aromatic nitrogens is 2. The van der Waals surface area contributed by atoms with Gasteiger partial charge in [0.2, 0.25) is 5.13 Å². The van der Waals surface area contributed by atoms with Gasteiger partial charge in [0.05, 0.1) is 32.9 Å². The Bertz CT molecular complexity index is 1900. The predicted molar refractivity (Wildman–Crippen MR) is 171 cm³/mol. The van der Waals surface area contributed by atoms with Crippen LogP contribution < -0.4 is 19.1 Å². The van der Waals surface area contributed by atoms with Gasteiger partial charge in [-0.1, -0.05) is 77.7 Å². The molecule has 9 nitrogen and oxygen atoms in total. The van der Waals surface area contributed by atoms with Crippen molar-refractivity contribution in [1.29, 1.82) is 0 Å². The van der Waals surface area contributed by atoms with E-state index in [1.165, 1.54) is 42.2 Å². The molecule has 2 heterocycles. The maximum Gasteiger partial charge on any atom is 0.301 e. The molecule has 1 aliphatic heterocycles. The van der Waals surface area contributed by atoms with Crippen LogP contribution in [0.1, 0.15) is 22.7 Å². The largest absolute Gasteiger partial charge is 0.507 e. The number of hydrogen-bond acceptors (Lipinski definition) is 10. The molecular formula is C33H27N3O6S2. The lowest BCUT2D eigenvalue weighted by Gasteiger charge is -2.22. The smallest absolute Gasteiger partial charge is 0.301 e. The lowest BCUT2D eigenvalue weighted by molar-refractivity contribution is -0.132. The minimum atomic E-state index is -0.960. The Labute approximate surface area is 261 Å². The number of nitrogens with zero attached hydrogens (tertiary/aromatic N) is 3. The lowest BCUT2D eigenvalue weighted by Crippen LogP contribution is -2.29. The van der Waals surface area contributed by atoms with Gasteiger partial charge in [-0.05, 0) is 52.2 Å². The summed E-state index contributed by atoms with van der Waals surface area (Å²) < 4.78 is 16.7. The molecule has 0 spiro atoms. The Balaban J connectivity index is 1.38. The van der Waals surface area contributed by atoms with E-state index in [0.717, 1.165) is 16.3 Å². The van der Waals surface area contributed by atoms with Crippen molar-refractivity contribution < 1.29 is 28.9 Å². The number of ketones is 1. The summed E-state index contributed by atoms with van der Waals surface area (Å²) >= 11 is 2.72. The van der Waals surface area contributed by atoms with E-state index in [4.69, 9.17) is 14.2 Å². The number of Topliss-reactive ketones (excluding diaryl/α,β-unsaturated/α-hetero) is 1. The maximum atomic E-state index is 13.6. The van der Waals surface area contributed by atoms with Crippen molar-refractivity contribution >= 4 is 56.5 Å². The number of carbonyl (C=O) groups excluding carboxylic acids is 2. The Kier molecular flexibility index (Phi) is 8.23. The zero-order valence-electron chi connectivity index (χ0n) is 24.0. The first-order valence-electron chi connectivity index (χ1n) is 13.5. The molecule has 1 N–H and O–H groups in total. The SMILES string of the molecule is COc1ccc([C@H]2C(=C(O)c3ccc(OC)c(OC)c3)C(=O)C(=O)N2c2nnc(SCc3cccc4ccccc34)s2)cc1. The summed E-state index contributed by atoms with van der Waals surface area (Å²) in [6.07, 6.45) is 0. The van der Waals surface area contributed by atoms with Crippen LogP contribution in [-0.4, -0.2) is 48.3 Å². The molecule has 4 aromatic carbocycles. The van der Waals surface area contributed by atoms with Crippen LogP contribution in [0.2, 0.25) is 0 Å². The quantitative estimate of drug-likeness (QED) is 0.0634. The molecule has 11 heteroatoms. The van der Waals surface area contributed by atoms with Gasteiger partial charge in [-0.2, -0.15) is 0 Å². The lowest BCUT2D eigenvalue weighted by atomic mass is 9.95. The van der Waals surface area contributed by atoms with Gasteiger partial charge in [0, 0.05) is 11.3 Å². The highest BCUT2D eigenvalue weighted by molar-refractivity contribution is 8.00. The van der Waals surface area contributed by atoms with Crippen LogP contribution in [0.15, 0.2) is 94.8 Å². The third-order valence-electron chi connectivity index (χ3n) is 7.37. The standard InChI is InChI=1S/C33H27N3O6S2/c1-40-23-14-11-20(12-15-23)28-27(29(37)21-13-16-25(41-2)26(17-21)42-3)30(38)31(39)36(28)32-34-35-33(44-32)43-18-22-9-6-8-19-7-4-5-10-24(19)22/h4-17,28,37H,18H2,1-3H3/t28-/m0/s1. The highest BCUT2D eigenvalue weighted by atomic mass is 32.2. The number of rotatable bonds is 9. The number of benzene rings is 4.